The molecule has 1 heterocycles. The quantitative estimate of drug-likeness (QED) is 0.485. The van der Waals surface area contributed by atoms with Crippen molar-refractivity contribution in [1.82, 2.24) is 10.2 Å². The molecule has 24 heavy (non-hydrogen) atoms. The summed E-state index contributed by atoms with van der Waals surface area (Å²) in [6.07, 6.45) is 0.551. The van der Waals surface area contributed by atoms with Gasteiger partial charge >= 0.3 is 6.03 Å². The first-order valence-corrected chi connectivity index (χ1v) is 7.80. The first kappa shape index (κ1) is 15.9. The molecule has 0 saturated carbocycles. The summed E-state index contributed by atoms with van der Waals surface area (Å²) in [5.41, 5.74) is 7.10. The lowest BCUT2D eigenvalue weighted by molar-refractivity contribution is -0.127. The van der Waals surface area contributed by atoms with Gasteiger partial charge in [-0.2, -0.15) is 0 Å². The molecule has 124 valence electrons. The van der Waals surface area contributed by atoms with Crippen LogP contribution < -0.4 is 15.8 Å². The molecule has 0 aromatic heterocycles. The lowest BCUT2D eigenvalue weighted by atomic mass is 10.1. The molecule has 1 atom stereocenters. The predicted octanol–water partition coefficient (Wildman–Crippen LogP) is 2.33. The zero-order chi connectivity index (χ0) is 16.9. The van der Waals surface area contributed by atoms with Gasteiger partial charge in [-0.1, -0.05) is 36.4 Å². The molecule has 0 radical (unpaired) electrons. The van der Waals surface area contributed by atoms with Crippen LogP contribution in [0, 0.1) is 0 Å². The molecule has 1 aliphatic rings. The Labute approximate surface area is 140 Å². The molecule has 2 aromatic carbocycles. The second kappa shape index (κ2) is 7.04. The number of rotatable bonds is 6. The molecule has 3 amide bonds. The molecule has 1 saturated heterocycles. The Morgan fingerprint density at radius 3 is 2.62 bits per heavy atom. The van der Waals surface area contributed by atoms with Crippen molar-refractivity contribution in [3.05, 3.63) is 60.2 Å². The Morgan fingerprint density at radius 1 is 1.08 bits per heavy atom. The number of nitrogen functional groups attached to an aromatic ring is 1. The van der Waals surface area contributed by atoms with Crippen LogP contribution in [-0.4, -0.2) is 30.0 Å². The molecule has 3 N–H and O–H groups in total. The summed E-state index contributed by atoms with van der Waals surface area (Å²) >= 11 is 0. The highest BCUT2D eigenvalue weighted by atomic mass is 16.5. The first-order chi connectivity index (χ1) is 11.6. The van der Waals surface area contributed by atoms with Crippen LogP contribution in [0.25, 0.3) is 0 Å². The van der Waals surface area contributed by atoms with Crippen LogP contribution in [0.4, 0.5) is 10.5 Å². The monoisotopic (exact) mass is 325 g/mol. The van der Waals surface area contributed by atoms with Crippen molar-refractivity contribution >= 4 is 17.6 Å². The highest BCUT2D eigenvalue weighted by molar-refractivity contribution is 6.04. The van der Waals surface area contributed by atoms with Crippen molar-refractivity contribution in [2.45, 2.75) is 12.5 Å². The zero-order valence-corrected chi connectivity index (χ0v) is 13.1. The van der Waals surface area contributed by atoms with Crippen molar-refractivity contribution in [2.24, 2.45) is 0 Å². The molecular formula is C18H19N3O3. The van der Waals surface area contributed by atoms with Crippen LogP contribution in [0.3, 0.4) is 0 Å². The van der Waals surface area contributed by atoms with Crippen LogP contribution in [0.5, 0.6) is 5.75 Å². The van der Waals surface area contributed by atoms with Crippen molar-refractivity contribution < 1.29 is 14.3 Å². The van der Waals surface area contributed by atoms with Crippen LogP contribution in [0.15, 0.2) is 54.6 Å². The molecule has 0 bridgehead atoms. The van der Waals surface area contributed by atoms with Gasteiger partial charge in [-0.25, -0.2) is 4.79 Å². The third-order valence-corrected chi connectivity index (χ3v) is 3.81. The Balaban J connectivity index is 1.52. The van der Waals surface area contributed by atoms with E-state index < -0.39 is 6.04 Å². The summed E-state index contributed by atoms with van der Waals surface area (Å²) in [7, 11) is 0. The molecule has 0 aliphatic carbocycles. The third-order valence-electron chi connectivity index (χ3n) is 3.81. The van der Waals surface area contributed by atoms with Gasteiger partial charge in [-0.05, 0) is 24.1 Å². The van der Waals surface area contributed by atoms with Crippen molar-refractivity contribution in [3.8, 4) is 5.75 Å². The number of nitrogens with two attached hydrogens (primary N) is 1. The smallest absolute Gasteiger partial charge is 0.325 e. The van der Waals surface area contributed by atoms with Gasteiger partial charge in [-0.3, -0.25) is 9.69 Å². The van der Waals surface area contributed by atoms with Gasteiger partial charge in [0.25, 0.3) is 5.91 Å². The number of nitrogens with one attached hydrogen (secondary N) is 1. The van der Waals surface area contributed by atoms with E-state index in [4.69, 9.17) is 10.5 Å². The molecule has 2 aromatic rings. The third kappa shape index (κ3) is 3.48. The largest absolute Gasteiger partial charge is 0.493 e. The van der Waals surface area contributed by atoms with Crippen LogP contribution in [-0.2, 0) is 4.79 Å². The Morgan fingerprint density at radius 2 is 1.88 bits per heavy atom. The standard InChI is InChI=1S/C18H19N3O3/c19-14-8-4-9-15(12-14)24-11-5-10-21-17(22)16(20-18(21)23)13-6-2-1-3-7-13/h1-4,6-9,12,16H,5,10-11,19H2,(H,20,23). The van der Waals surface area contributed by atoms with E-state index in [9.17, 15) is 9.59 Å². The van der Waals surface area contributed by atoms with E-state index in [2.05, 4.69) is 5.32 Å². The fraction of sp³-hybridized carbons (Fsp3) is 0.222. The number of nitrogens with zero attached hydrogens (tertiary/aromatic N) is 1. The van der Waals surface area contributed by atoms with Crippen molar-refractivity contribution in [1.29, 1.82) is 0 Å². The zero-order valence-electron chi connectivity index (χ0n) is 13.1. The van der Waals surface area contributed by atoms with Crippen LogP contribution in [0.1, 0.15) is 18.0 Å². The number of benzene rings is 2. The highest BCUT2D eigenvalue weighted by Gasteiger charge is 2.38. The number of hydrogen-bond donors (Lipinski definition) is 2. The molecule has 3 rings (SSSR count). The molecule has 1 fully saturated rings. The van der Waals surface area contributed by atoms with Gasteiger partial charge < -0.3 is 15.8 Å². The van der Waals surface area contributed by atoms with E-state index in [0.717, 1.165) is 5.56 Å². The van der Waals surface area contributed by atoms with E-state index in [0.29, 0.717) is 31.0 Å². The fourth-order valence-electron chi connectivity index (χ4n) is 2.62. The first-order valence-electron chi connectivity index (χ1n) is 7.80. The van der Waals surface area contributed by atoms with E-state index in [1.165, 1.54) is 4.90 Å². The number of hydrogen-bond acceptors (Lipinski definition) is 4. The lowest BCUT2D eigenvalue weighted by Crippen LogP contribution is -2.32. The summed E-state index contributed by atoms with van der Waals surface area (Å²) in [6, 6.07) is 15.4. The molecule has 1 aliphatic heterocycles. The van der Waals surface area contributed by atoms with Crippen LogP contribution >= 0.6 is 0 Å². The normalized spacial score (nSPS) is 17.0. The SMILES string of the molecule is Nc1cccc(OCCCN2C(=O)NC(c3ccccc3)C2=O)c1. The van der Waals surface area contributed by atoms with Gasteiger partial charge in [0.1, 0.15) is 11.8 Å². The second-order valence-electron chi connectivity index (χ2n) is 5.56. The van der Waals surface area contributed by atoms with Gasteiger partial charge in [-0.15, -0.1) is 0 Å². The average Bonchev–Trinajstić information content (AvgIpc) is 2.87. The second-order valence-corrected chi connectivity index (χ2v) is 5.56. The highest BCUT2D eigenvalue weighted by Crippen LogP contribution is 2.22. The number of carbonyl (C=O) groups is 2. The summed E-state index contributed by atoms with van der Waals surface area (Å²) < 4.78 is 5.58. The maximum atomic E-state index is 12.4. The molecule has 6 heteroatoms. The maximum Gasteiger partial charge on any atom is 0.325 e. The van der Waals surface area contributed by atoms with Gasteiger partial charge in [0.2, 0.25) is 0 Å². The van der Waals surface area contributed by atoms with Crippen molar-refractivity contribution in [3.63, 3.8) is 0 Å². The van der Waals surface area contributed by atoms with E-state index in [-0.39, 0.29) is 11.9 Å². The van der Waals surface area contributed by atoms with Gasteiger partial charge in [0.15, 0.2) is 0 Å². The minimum absolute atomic E-state index is 0.227. The van der Waals surface area contributed by atoms with Gasteiger partial charge in [0.05, 0.1) is 6.61 Å². The molecular weight excluding hydrogens is 306 g/mol. The Hall–Kier alpha value is -3.02. The Bertz CT molecular complexity index is 733. The fourth-order valence-corrected chi connectivity index (χ4v) is 2.62. The molecule has 0 spiro atoms. The summed E-state index contributed by atoms with van der Waals surface area (Å²) in [4.78, 5) is 25.7. The number of anilines is 1. The predicted molar refractivity (Wildman–Crippen MR) is 90.4 cm³/mol. The summed E-state index contributed by atoms with van der Waals surface area (Å²) in [5, 5.41) is 2.72. The molecule has 1 unspecified atom stereocenters. The minimum atomic E-state index is -0.603. The Kier molecular flexibility index (Phi) is 4.65. The minimum Gasteiger partial charge on any atom is -0.493 e. The van der Waals surface area contributed by atoms with E-state index in [1.807, 2.05) is 42.5 Å². The van der Waals surface area contributed by atoms with Crippen LogP contribution in [0.2, 0.25) is 0 Å². The summed E-state index contributed by atoms with van der Waals surface area (Å²) in [6.45, 7) is 0.715. The van der Waals surface area contributed by atoms with Crippen molar-refractivity contribution in [2.75, 3.05) is 18.9 Å². The average molecular weight is 325 g/mol. The maximum absolute atomic E-state index is 12.4. The number of imide groups is 1. The number of carbonyl (C=O) groups excluding carboxylic acids is 2. The number of urea groups is 1. The van der Waals surface area contributed by atoms with E-state index in [1.54, 1.807) is 12.1 Å². The van der Waals surface area contributed by atoms with E-state index >= 15 is 0 Å². The molecule has 6 nitrogen and oxygen atoms in total. The summed E-state index contributed by atoms with van der Waals surface area (Å²) in [5.74, 6) is 0.449. The topological polar surface area (TPSA) is 84.7 Å². The lowest BCUT2D eigenvalue weighted by Gasteiger charge is -2.13. The van der Waals surface area contributed by atoms with Gasteiger partial charge in [0, 0.05) is 18.3 Å². The number of ether oxygens (including phenoxy) is 1. The number of amides is 3.